The van der Waals surface area contributed by atoms with E-state index in [1.54, 1.807) is 0 Å². The molecule has 0 saturated heterocycles. The number of hydrogen-bond acceptors (Lipinski definition) is 5. The number of phenolic OH excluding ortho intramolecular Hbond substituents is 3. The van der Waals surface area contributed by atoms with Crippen LogP contribution in [-0.2, 0) is 0 Å². The van der Waals surface area contributed by atoms with Gasteiger partial charge in [0.25, 0.3) is 0 Å². The van der Waals surface area contributed by atoms with Crippen molar-refractivity contribution >= 4 is 23.2 Å². The number of aromatic hydroxyl groups is 3. The first-order valence-corrected chi connectivity index (χ1v) is 5.96. The zero-order valence-corrected chi connectivity index (χ0v) is 10.6. The maximum Gasteiger partial charge on any atom is 0.198 e. The molecule has 0 atom stereocenters. The normalized spacial score (nSPS) is 13.1. The first kappa shape index (κ1) is 12.5. The number of carbonyl (C=O) groups excluding carboxylic acids is 2. The van der Waals surface area contributed by atoms with Crippen LogP contribution in [0.5, 0.6) is 17.2 Å². The zero-order valence-electron chi connectivity index (χ0n) is 9.85. The van der Waals surface area contributed by atoms with Crippen LogP contribution in [-0.4, -0.2) is 26.9 Å². The molecule has 0 aliphatic heterocycles. The number of rotatable bonds is 0. The van der Waals surface area contributed by atoms with E-state index < -0.39 is 23.1 Å². The molecule has 20 heavy (non-hydrogen) atoms. The summed E-state index contributed by atoms with van der Waals surface area (Å²) >= 11 is 5.70. The zero-order chi connectivity index (χ0) is 14.6. The number of halogens is 1. The molecule has 0 saturated carbocycles. The highest BCUT2D eigenvalue weighted by Gasteiger charge is 2.35. The Balaban J connectivity index is 2.41. The molecule has 0 spiro atoms. The van der Waals surface area contributed by atoms with Crippen molar-refractivity contribution in [3.63, 3.8) is 0 Å². The molecule has 0 aromatic heterocycles. The standard InChI is InChI=1S/C14H7ClO5/c15-8-4-9(17)10-11(14(8)20)13(19)7-3-5(16)1-2-6(7)12(10)18/h1-4,16-17,20H. The van der Waals surface area contributed by atoms with Crippen molar-refractivity contribution in [3.05, 3.63) is 51.5 Å². The number of ketones is 2. The Kier molecular flexibility index (Phi) is 2.49. The van der Waals surface area contributed by atoms with Crippen molar-refractivity contribution in [1.29, 1.82) is 0 Å². The van der Waals surface area contributed by atoms with Crippen LogP contribution in [0.3, 0.4) is 0 Å². The molecular formula is C14H7ClO5. The van der Waals surface area contributed by atoms with Crippen molar-refractivity contribution in [2.24, 2.45) is 0 Å². The van der Waals surface area contributed by atoms with Crippen LogP contribution in [0.25, 0.3) is 0 Å². The Labute approximate surface area is 117 Å². The van der Waals surface area contributed by atoms with Crippen LogP contribution >= 0.6 is 11.6 Å². The van der Waals surface area contributed by atoms with Gasteiger partial charge in [0, 0.05) is 17.2 Å². The molecular weight excluding hydrogens is 284 g/mol. The maximum atomic E-state index is 12.3. The topological polar surface area (TPSA) is 94.8 Å². The lowest BCUT2D eigenvalue weighted by molar-refractivity contribution is 0.0974. The number of phenols is 3. The summed E-state index contributed by atoms with van der Waals surface area (Å²) in [7, 11) is 0. The van der Waals surface area contributed by atoms with Crippen LogP contribution in [0.15, 0.2) is 24.3 Å². The van der Waals surface area contributed by atoms with Gasteiger partial charge in [0.2, 0.25) is 0 Å². The highest BCUT2D eigenvalue weighted by atomic mass is 35.5. The average Bonchev–Trinajstić information content (AvgIpc) is 2.40. The van der Waals surface area contributed by atoms with Crippen molar-refractivity contribution < 1.29 is 24.9 Å². The molecule has 0 bridgehead atoms. The van der Waals surface area contributed by atoms with Gasteiger partial charge in [0.1, 0.15) is 17.2 Å². The van der Waals surface area contributed by atoms with Crippen LogP contribution in [0.4, 0.5) is 0 Å². The van der Waals surface area contributed by atoms with Gasteiger partial charge >= 0.3 is 0 Å². The third-order valence-electron chi connectivity index (χ3n) is 3.18. The van der Waals surface area contributed by atoms with Gasteiger partial charge in [0.05, 0.1) is 16.1 Å². The van der Waals surface area contributed by atoms with E-state index in [2.05, 4.69) is 0 Å². The Morgan fingerprint density at radius 2 is 1.50 bits per heavy atom. The predicted octanol–water partition coefficient (Wildman–Crippen LogP) is 2.23. The summed E-state index contributed by atoms with van der Waals surface area (Å²) in [6, 6.07) is 4.70. The fourth-order valence-electron chi connectivity index (χ4n) is 2.26. The van der Waals surface area contributed by atoms with Crippen molar-refractivity contribution in [2.75, 3.05) is 0 Å². The number of fused-ring (bicyclic) bond motifs is 2. The lowest BCUT2D eigenvalue weighted by Gasteiger charge is -2.19. The Bertz CT molecular complexity index is 795. The summed E-state index contributed by atoms with van der Waals surface area (Å²) in [5.74, 6) is -2.51. The van der Waals surface area contributed by atoms with Gasteiger partial charge in [0.15, 0.2) is 11.6 Å². The monoisotopic (exact) mass is 290 g/mol. The van der Waals surface area contributed by atoms with Crippen molar-refractivity contribution in [1.82, 2.24) is 0 Å². The molecule has 2 aromatic carbocycles. The Morgan fingerprint density at radius 3 is 2.20 bits per heavy atom. The molecule has 2 aromatic rings. The minimum absolute atomic E-state index is 0.0422. The van der Waals surface area contributed by atoms with Crippen LogP contribution in [0, 0.1) is 0 Å². The summed E-state index contributed by atoms with van der Waals surface area (Å²) in [5, 5.41) is 28.9. The fourth-order valence-corrected chi connectivity index (χ4v) is 2.46. The molecule has 100 valence electrons. The molecule has 1 aliphatic rings. The van der Waals surface area contributed by atoms with E-state index in [4.69, 9.17) is 11.6 Å². The third-order valence-corrected chi connectivity index (χ3v) is 3.47. The van der Waals surface area contributed by atoms with E-state index in [1.807, 2.05) is 0 Å². The lowest BCUT2D eigenvalue weighted by Crippen LogP contribution is -2.21. The van der Waals surface area contributed by atoms with Gasteiger partial charge in [-0.2, -0.15) is 0 Å². The third kappa shape index (κ3) is 1.50. The minimum Gasteiger partial charge on any atom is -0.508 e. The van der Waals surface area contributed by atoms with Crippen molar-refractivity contribution in [3.8, 4) is 17.2 Å². The molecule has 0 heterocycles. The maximum absolute atomic E-state index is 12.3. The van der Waals surface area contributed by atoms with Gasteiger partial charge in [-0.3, -0.25) is 9.59 Å². The summed E-state index contributed by atoms with van der Waals surface area (Å²) in [5.41, 5.74) is -0.620. The molecule has 3 N–H and O–H groups in total. The highest BCUT2D eigenvalue weighted by Crippen LogP contribution is 2.42. The van der Waals surface area contributed by atoms with Gasteiger partial charge in [-0.1, -0.05) is 11.6 Å². The van der Waals surface area contributed by atoms with E-state index in [-0.39, 0.29) is 33.0 Å². The molecule has 5 nitrogen and oxygen atoms in total. The van der Waals surface area contributed by atoms with E-state index in [0.717, 1.165) is 12.1 Å². The molecule has 0 unspecified atom stereocenters. The highest BCUT2D eigenvalue weighted by molar-refractivity contribution is 6.36. The van der Waals surface area contributed by atoms with Crippen LogP contribution in [0.1, 0.15) is 31.8 Å². The first-order chi connectivity index (χ1) is 9.41. The summed E-state index contributed by atoms with van der Waals surface area (Å²) < 4.78 is 0. The van der Waals surface area contributed by atoms with E-state index >= 15 is 0 Å². The molecule has 0 fully saturated rings. The smallest absolute Gasteiger partial charge is 0.198 e. The summed E-state index contributed by atoms with van der Waals surface area (Å²) in [6.45, 7) is 0. The SMILES string of the molecule is O=C1c2ccc(O)cc2C(=O)c2c(O)c(Cl)cc(O)c21. The van der Waals surface area contributed by atoms with Crippen LogP contribution < -0.4 is 0 Å². The Morgan fingerprint density at radius 1 is 0.850 bits per heavy atom. The predicted molar refractivity (Wildman–Crippen MR) is 69.8 cm³/mol. The molecule has 6 heteroatoms. The fraction of sp³-hybridized carbons (Fsp3) is 0. The van der Waals surface area contributed by atoms with E-state index in [0.29, 0.717) is 0 Å². The van der Waals surface area contributed by atoms with E-state index in [9.17, 15) is 24.9 Å². The molecule has 0 radical (unpaired) electrons. The summed E-state index contributed by atoms with van der Waals surface area (Å²) in [4.78, 5) is 24.6. The second-order valence-corrected chi connectivity index (χ2v) is 4.77. The second-order valence-electron chi connectivity index (χ2n) is 4.36. The molecule has 0 amide bonds. The molecule has 3 rings (SSSR count). The largest absolute Gasteiger partial charge is 0.508 e. The van der Waals surface area contributed by atoms with E-state index in [1.165, 1.54) is 12.1 Å². The van der Waals surface area contributed by atoms with Gasteiger partial charge in [-0.15, -0.1) is 0 Å². The lowest BCUT2D eigenvalue weighted by atomic mass is 9.83. The second kappa shape index (κ2) is 3.98. The number of hydrogen-bond donors (Lipinski definition) is 3. The van der Waals surface area contributed by atoms with Gasteiger partial charge in [-0.25, -0.2) is 0 Å². The molecule has 1 aliphatic carbocycles. The minimum atomic E-state index is -0.680. The number of benzene rings is 2. The van der Waals surface area contributed by atoms with Gasteiger partial charge in [-0.05, 0) is 18.2 Å². The van der Waals surface area contributed by atoms with Gasteiger partial charge < -0.3 is 15.3 Å². The summed E-state index contributed by atoms with van der Waals surface area (Å²) in [6.07, 6.45) is 0. The van der Waals surface area contributed by atoms with Crippen molar-refractivity contribution in [2.45, 2.75) is 0 Å². The first-order valence-electron chi connectivity index (χ1n) is 5.58. The van der Waals surface area contributed by atoms with Crippen LogP contribution in [0.2, 0.25) is 5.02 Å². The quantitative estimate of drug-likeness (QED) is 0.552. The average molecular weight is 291 g/mol. The number of carbonyl (C=O) groups is 2. The Hall–Kier alpha value is -2.53.